The maximum Gasteiger partial charge on any atom is 0.212 e. The average molecular weight is 209 g/mol. The van der Waals surface area contributed by atoms with Gasteiger partial charge in [0.05, 0.1) is 12.4 Å². The van der Waals surface area contributed by atoms with Gasteiger partial charge in [0.2, 0.25) is 10.0 Å². The fourth-order valence-corrected chi connectivity index (χ4v) is 2.87. The summed E-state index contributed by atoms with van der Waals surface area (Å²) in [5.74, 6) is 0.0737. The van der Waals surface area contributed by atoms with Crippen molar-refractivity contribution in [1.29, 1.82) is 0 Å². The topological polar surface area (TPSA) is 66.4 Å². The molecule has 0 bridgehead atoms. The van der Waals surface area contributed by atoms with Gasteiger partial charge in [0, 0.05) is 6.04 Å². The van der Waals surface area contributed by atoms with Crippen LogP contribution in [0.15, 0.2) is 0 Å². The smallest absolute Gasteiger partial charge is 0.212 e. The fourth-order valence-electron chi connectivity index (χ4n) is 0.956. The molecule has 0 aliphatic carbocycles. The Morgan fingerprint density at radius 1 is 1.38 bits per heavy atom. The van der Waals surface area contributed by atoms with Gasteiger partial charge in [-0.15, -0.1) is 0 Å². The highest BCUT2D eigenvalue weighted by molar-refractivity contribution is 7.89. The van der Waals surface area contributed by atoms with E-state index in [0.717, 1.165) is 0 Å². The summed E-state index contributed by atoms with van der Waals surface area (Å²) in [6, 6.07) is -0.410. The number of hydrogen-bond donors (Lipinski definition) is 2. The molecule has 0 aliphatic rings. The van der Waals surface area contributed by atoms with Crippen molar-refractivity contribution in [2.75, 3.05) is 12.4 Å². The molecule has 4 nitrogen and oxygen atoms in total. The number of rotatable bonds is 4. The Morgan fingerprint density at radius 3 is 2.15 bits per heavy atom. The second kappa shape index (κ2) is 4.39. The molecule has 2 N–H and O–H groups in total. The zero-order valence-electron chi connectivity index (χ0n) is 8.66. The quantitative estimate of drug-likeness (QED) is 0.701. The van der Waals surface area contributed by atoms with E-state index < -0.39 is 16.1 Å². The minimum atomic E-state index is -3.26. The van der Waals surface area contributed by atoms with Crippen molar-refractivity contribution >= 4 is 10.0 Å². The maximum absolute atomic E-state index is 11.4. The van der Waals surface area contributed by atoms with Gasteiger partial charge in [-0.25, -0.2) is 13.1 Å². The van der Waals surface area contributed by atoms with Crippen LogP contribution in [-0.4, -0.2) is 31.9 Å². The predicted molar refractivity (Wildman–Crippen MR) is 52.9 cm³/mol. The van der Waals surface area contributed by atoms with Crippen molar-refractivity contribution in [3.8, 4) is 0 Å². The third-order valence-corrected chi connectivity index (χ3v) is 3.29. The molecule has 1 atom stereocenters. The fraction of sp³-hybridized carbons (Fsp3) is 1.00. The molecule has 5 heteroatoms. The van der Waals surface area contributed by atoms with Crippen molar-refractivity contribution in [3.63, 3.8) is 0 Å². The Balaban J connectivity index is 4.27. The highest BCUT2D eigenvalue weighted by atomic mass is 32.2. The third kappa shape index (κ3) is 6.98. The average Bonchev–Trinajstić information content (AvgIpc) is 1.80. The molecule has 80 valence electrons. The van der Waals surface area contributed by atoms with Crippen LogP contribution in [0.2, 0.25) is 0 Å². The Kier molecular flexibility index (Phi) is 4.35. The second-order valence-electron chi connectivity index (χ2n) is 4.52. The zero-order chi connectivity index (χ0) is 10.7. The first-order valence-electron chi connectivity index (χ1n) is 4.27. The van der Waals surface area contributed by atoms with Crippen molar-refractivity contribution < 1.29 is 13.5 Å². The van der Waals surface area contributed by atoms with Crippen molar-refractivity contribution in [2.45, 2.75) is 33.7 Å². The standard InChI is InChI=1S/C8H19NO3S/c1-7(5-10)9-13(11,12)6-8(2,3)4/h7,9-10H,5-6H2,1-4H3/t7-/m1/s1. The van der Waals surface area contributed by atoms with E-state index in [9.17, 15) is 8.42 Å². The second-order valence-corrected chi connectivity index (χ2v) is 6.28. The minimum absolute atomic E-state index is 0.0737. The summed E-state index contributed by atoms with van der Waals surface area (Å²) in [6.45, 7) is 7.02. The monoisotopic (exact) mass is 209 g/mol. The maximum atomic E-state index is 11.4. The Labute approximate surface area is 80.4 Å². The van der Waals surface area contributed by atoms with Gasteiger partial charge < -0.3 is 5.11 Å². The molecule has 0 rings (SSSR count). The van der Waals surface area contributed by atoms with Gasteiger partial charge in [0.15, 0.2) is 0 Å². The van der Waals surface area contributed by atoms with E-state index in [1.165, 1.54) is 0 Å². The number of hydrogen-bond acceptors (Lipinski definition) is 3. The van der Waals surface area contributed by atoms with Crippen LogP contribution in [0.25, 0.3) is 0 Å². The van der Waals surface area contributed by atoms with E-state index in [2.05, 4.69) is 4.72 Å². The number of aliphatic hydroxyl groups is 1. The number of nitrogens with one attached hydrogen (secondary N) is 1. The van der Waals surface area contributed by atoms with E-state index >= 15 is 0 Å². The lowest BCUT2D eigenvalue weighted by Crippen LogP contribution is -2.39. The molecular weight excluding hydrogens is 190 g/mol. The number of aliphatic hydroxyl groups excluding tert-OH is 1. The Bertz CT molecular complexity index is 241. The Morgan fingerprint density at radius 2 is 1.85 bits per heavy atom. The van der Waals surface area contributed by atoms with Crippen LogP contribution >= 0.6 is 0 Å². The summed E-state index contributed by atoms with van der Waals surface area (Å²) in [5.41, 5.74) is -0.263. The van der Waals surface area contributed by atoms with Crippen LogP contribution in [-0.2, 0) is 10.0 Å². The van der Waals surface area contributed by atoms with Gasteiger partial charge in [-0.2, -0.15) is 0 Å². The van der Waals surface area contributed by atoms with Gasteiger partial charge in [-0.3, -0.25) is 0 Å². The van der Waals surface area contributed by atoms with Crippen LogP contribution in [0.1, 0.15) is 27.7 Å². The lowest BCUT2D eigenvalue weighted by Gasteiger charge is -2.20. The molecule has 0 aromatic rings. The summed E-state index contributed by atoms with van der Waals surface area (Å²) in [4.78, 5) is 0. The largest absolute Gasteiger partial charge is 0.395 e. The molecule has 0 aromatic heterocycles. The molecule has 0 spiro atoms. The summed E-state index contributed by atoms with van der Waals surface area (Å²) in [5, 5.41) is 8.67. The third-order valence-electron chi connectivity index (χ3n) is 1.28. The molecule has 0 unspecified atom stereocenters. The van der Waals surface area contributed by atoms with Crippen LogP contribution in [0.4, 0.5) is 0 Å². The highest BCUT2D eigenvalue weighted by Crippen LogP contribution is 2.15. The van der Waals surface area contributed by atoms with E-state index in [0.29, 0.717) is 0 Å². The first kappa shape index (κ1) is 12.9. The first-order chi connectivity index (χ1) is 5.66. The van der Waals surface area contributed by atoms with Gasteiger partial charge in [-0.05, 0) is 12.3 Å². The van der Waals surface area contributed by atoms with Gasteiger partial charge >= 0.3 is 0 Å². The molecule has 0 fully saturated rings. The van der Waals surface area contributed by atoms with Crippen LogP contribution in [0.5, 0.6) is 0 Å². The number of sulfonamides is 1. The molecule has 13 heavy (non-hydrogen) atoms. The van der Waals surface area contributed by atoms with E-state index in [4.69, 9.17) is 5.11 Å². The molecule has 0 radical (unpaired) electrons. The summed E-state index contributed by atoms with van der Waals surface area (Å²) < 4.78 is 25.2. The van der Waals surface area contributed by atoms with Crippen LogP contribution in [0, 0.1) is 5.41 Å². The molecule has 0 heterocycles. The van der Waals surface area contributed by atoms with Crippen molar-refractivity contribution in [2.24, 2.45) is 5.41 Å². The van der Waals surface area contributed by atoms with Crippen LogP contribution < -0.4 is 4.72 Å². The molecule has 0 amide bonds. The van der Waals surface area contributed by atoms with E-state index in [1.54, 1.807) is 6.92 Å². The predicted octanol–water partition coefficient (Wildman–Crippen LogP) is 0.333. The summed E-state index contributed by atoms with van der Waals surface area (Å²) in [7, 11) is -3.26. The lowest BCUT2D eigenvalue weighted by molar-refractivity contribution is 0.264. The molecule has 0 saturated carbocycles. The molecule has 0 saturated heterocycles. The first-order valence-corrected chi connectivity index (χ1v) is 5.92. The molecule has 0 aromatic carbocycles. The van der Waals surface area contributed by atoms with Gasteiger partial charge in [-0.1, -0.05) is 20.8 Å². The molecular formula is C8H19NO3S. The zero-order valence-corrected chi connectivity index (χ0v) is 9.48. The van der Waals surface area contributed by atoms with Crippen molar-refractivity contribution in [1.82, 2.24) is 4.72 Å². The summed E-state index contributed by atoms with van der Waals surface area (Å²) in [6.07, 6.45) is 0. The van der Waals surface area contributed by atoms with E-state index in [-0.39, 0.29) is 17.8 Å². The normalized spacial score (nSPS) is 15.8. The SMILES string of the molecule is C[C@H](CO)NS(=O)(=O)CC(C)(C)C. The minimum Gasteiger partial charge on any atom is -0.395 e. The highest BCUT2D eigenvalue weighted by Gasteiger charge is 2.22. The lowest BCUT2D eigenvalue weighted by atomic mass is 10.0. The van der Waals surface area contributed by atoms with Gasteiger partial charge in [0.25, 0.3) is 0 Å². The summed E-state index contributed by atoms with van der Waals surface area (Å²) >= 11 is 0. The Hall–Kier alpha value is -0.130. The van der Waals surface area contributed by atoms with E-state index in [1.807, 2.05) is 20.8 Å². The van der Waals surface area contributed by atoms with Crippen LogP contribution in [0.3, 0.4) is 0 Å². The van der Waals surface area contributed by atoms with Crippen molar-refractivity contribution in [3.05, 3.63) is 0 Å². The molecule has 0 aliphatic heterocycles. The van der Waals surface area contributed by atoms with Gasteiger partial charge in [0.1, 0.15) is 0 Å².